The highest BCUT2D eigenvalue weighted by Gasteiger charge is 2.29. The van der Waals surface area contributed by atoms with Crippen LogP contribution in [0.4, 0.5) is 0 Å². The van der Waals surface area contributed by atoms with E-state index < -0.39 is 5.97 Å². The van der Waals surface area contributed by atoms with E-state index in [1.807, 2.05) is 36.1 Å². The van der Waals surface area contributed by atoms with E-state index in [0.717, 1.165) is 37.7 Å². The Kier molecular flexibility index (Phi) is 10.4. The molecule has 1 N–H and O–H groups in total. The van der Waals surface area contributed by atoms with Crippen molar-refractivity contribution >= 4 is 23.9 Å². The van der Waals surface area contributed by atoms with Crippen LogP contribution in [-0.4, -0.2) is 62.1 Å². The number of aromatic nitrogens is 2. The zero-order chi connectivity index (χ0) is 32.0. The van der Waals surface area contributed by atoms with Crippen molar-refractivity contribution in [3.05, 3.63) is 87.7 Å². The average molecular weight is 599 g/mol. The van der Waals surface area contributed by atoms with Crippen molar-refractivity contribution in [3.8, 4) is 5.69 Å². The van der Waals surface area contributed by atoms with Crippen LogP contribution in [0.15, 0.2) is 48.5 Å². The molecule has 0 saturated carbocycles. The van der Waals surface area contributed by atoms with E-state index in [1.165, 1.54) is 17.7 Å². The predicted octanol–water partition coefficient (Wildman–Crippen LogP) is 7.18. The Morgan fingerprint density at radius 2 is 1.66 bits per heavy atom. The number of amides is 2. The number of hydrogen-bond donors (Lipinski definition) is 1. The van der Waals surface area contributed by atoms with E-state index in [1.54, 1.807) is 15.6 Å². The van der Waals surface area contributed by atoms with Gasteiger partial charge in [0.25, 0.3) is 11.8 Å². The summed E-state index contributed by atoms with van der Waals surface area (Å²) in [6.45, 7) is 14.7. The highest BCUT2D eigenvalue weighted by atomic mass is 16.4. The lowest BCUT2D eigenvalue weighted by atomic mass is 9.95. The molecule has 2 aromatic carbocycles. The number of fused-ring (bicyclic) bond motifs is 1. The quantitative estimate of drug-likeness (QED) is 0.252. The minimum Gasteiger partial charge on any atom is -0.478 e. The minimum atomic E-state index is -1.11. The van der Waals surface area contributed by atoms with Gasteiger partial charge in [-0.15, -0.1) is 0 Å². The van der Waals surface area contributed by atoms with Crippen LogP contribution in [0, 0.1) is 12.3 Å². The molecule has 0 bridgehead atoms. The van der Waals surface area contributed by atoms with Gasteiger partial charge in [-0.3, -0.25) is 9.59 Å². The van der Waals surface area contributed by atoms with E-state index in [2.05, 4.69) is 46.8 Å². The van der Waals surface area contributed by atoms with Crippen molar-refractivity contribution in [1.82, 2.24) is 19.6 Å². The minimum absolute atomic E-state index is 0.0220. The summed E-state index contributed by atoms with van der Waals surface area (Å²) in [6.07, 6.45) is 8.49. The number of carbonyl (C=O) groups is 3. The summed E-state index contributed by atoms with van der Waals surface area (Å²) in [7, 11) is 0. The molecule has 234 valence electrons. The fourth-order valence-electron chi connectivity index (χ4n) is 5.47. The number of allylic oxidation sites excluding steroid dienone is 1. The lowest BCUT2D eigenvalue weighted by molar-refractivity contribution is 0.0695. The standard InChI is InChI=1S/C36H46N4O4/c1-7-9-20-38(21-10-8-2)34(42)32-29(17-19-36(4,5)6)25(3)40(37-32)31-16-15-27(35(43)44)23-30(31)33(41)39-22-18-26-13-11-12-14-28(26)24-39/h11-17,19,23H,7-10,18,20-22,24H2,1-6H3,(H,43,44). The molecule has 2 heterocycles. The third kappa shape index (κ3) is 7.47. The average Bonchev–Trinajstić information content (AvgIpc) is 3.34. The summed E-state index contributed by atoms with van der Waals surface area (Å²) < 4.78 is 1.64. The molecule has 1 aliphatic rings. The molecule has 0 atom stereocenters. The fraction of sp³-hybridized carbons (Fsp3) is 0.444. The zero-order valence-corrected chi connectivity index (χ0v) is 27.0. The molecular weight excluding hydrogens is 552 g/mol. The Morgan fingerprint density at radius 3 is 2.27 bits per heavy atom. The van der Waals surface area contributed by atoms with Crippen LogP contribution in [0.25, 0.3) is 11.8 Å². The van der Waals surface area contributed by atoms with Crippen LogP contribution in [0.1, 0.15) is 114 Å². The van der Waals surface area contributed by atoms with Gasteiger partial charge in [-0.05, 0) is 60.9 Å². The van der Waals surface area contributed by atoms with Gasteiger partial charge in [0.2, 0.25) is 0 Å². The molecule has 0 fully saturated rings. The summed E-state index contributed by atoms with van der Waals surface area (Å²) in [5.74, 6) is -1.51. The number of hydrogen-bond acceptors (Lipinski definition) is 4. The van der Waals surface area contributed by atoms with Gasteiger partial charge >= 0.3 is 5.97 Å². The van der Waals surface area contributed by atoms with Crippen molar-refractivity contribution in [2.45, 2.75) is 80.2 Å². The number of unbranched alkanes of at least 4 members (excludes halogenated alkanes) is 2. The molecule has 4 rings (SSSR count). The lowest BCUT2D eigenvalue weighted by Crippen LogP contribution is -2.36. The topological polar surface area (TPSA) is 95.7 Å². The number of carbonyl (C=O) groups excluding carboxylic acids is 2. The smallest absolute Gasteiger partial charge is 0.335 e. The first kappa shape index (κ1) is 32.7. The molecule has 2 amide bonds. The van der Waals surface area contributed by atoms with Gasteiger partial charge in [-0.25, -0.2) is 9.48 Å². The van der Waals surface area contributed by atoms with Crippen molar-refractivity contribution in [2.75, 3.05) is 19.6 Å². The summed E-state index contributed by atoms with van der Waals surface area (Å²) in [4.78, 5) is 43.9. The monoisotopic (exact) mass is 598 g/mol. The number of nitrogens with zero attached hydrogens (tertiary/aromatic N) is 4. The Balaban J connectivity index is 1.85. The number of carboxylic acid groups (broad SMARTS) is 1. The summed E-state index contributed by atoms with van der Waals surface area (Å²) in [5.41, 5.74) is 4.64. The summed E-state index contributed by atoms with van der Waals surface area (Å²) in [6, 6.07) is 12.6. The molecule has 0 aliphatic carbocycles. The van der Waals surface area contributed by atoms with E-state index in [0.29, 0.717) is 48.8 Å². The van der Waals surface area contributed by atoms with E-state index in [9.17, 15) is 19.5 Å². The van der Waals surface area contributed by atoms with E-state index in [4.69, 9.17) is 5.10 Å². The Bertz CT molecular complexity index is 1540. The number of aromatic carboxylic acids is 1. The van der Waals surface area contributed by atoms with E-state index >= 15 is 0 Å². The second-order valence-corrected chi connectivity index (χ2v) is 12.7. The largest absolute Gasteiger partial charge is 0.478 e. The third-order valence-electron chi connectivity index (χ3n) is 8.09. The van der Waals surface area contributed by atoms with Gasteiger partial charge in [-0.1, -0.05) is 83.9 Å². The predicted molar refractivity (Wildman–Crippen MR) is 174 cm³/mol. The van der Waals surface area contributed by atoms with Crippen LogP contribution >= 0.6 is 0 Å². The number of benzene rings is 2. The molecule has 3 aromatic rings. The van der Waals surface area contributed by atoms with Crippen molar-refractivity contribution in [2.24, 2.45) is 5.41 Å². The van der Waals surface area contributed by atoms with Crippen molar-refractivity contribution < 1.29 is 19.5 Å². The Hall–Kier alpha value is -4.20. The molecule has 8 nitrogen and oxygen atoms in total. The SMILES string of the molecule is CCCCN(CCCC)C(=O)c1nn(-c2ccc(C(=O)O)cc2C(=O)N2CCc3ccccc3C2)c(C)c1C=CC(C)(C)C. The maximum Gasteiger partial charge on any atom is 0.335 e. The fourth-order valence-corrected chi connectivity index (χ4v) is 5.47. The van der Waals surface area contributed by atoms with Gasteiger partial charge in [0, 0.05) is 37.4 Å². The molecule has 8 heteroatoms. The second kappa shape index (κ2) is 14.1. The molecule has 1 aromatic heterocycles. The normalized spacial score (nSPS) is 13.3. The van der Waals surface area contributed by atoms with Crippen molar-refractivity contribution in [3.63, 3.8) is 0 Å². The third-order valence-corrected chi connectivity index (χ3v) is 8.09. The van der Waals surface area contributed by atoms with Gasteiger partial charge in [0.05, 0.1) is 16.8 Å². The maximum absolute atomic E-state index is 14.1. The molecular formula is C36H46N4O4. The molecule has 0 spiro atoms. The van der Waals surface area contributed by atoms with Crippen LogP contribution < -0.4 is 0 Å². The lowest BCUT2D eigenvalue weighted by Gasteiger charge is -2.29. The Morgan fingerprint density at radius 1 is 1.00 bits per heavy atom. The summed E-state index contributed by atoms with van der Waals surface area (Å²) in [5, 5.41) is 14.7. The molecule has 0 unspecified atom stereocenters. The van der Waals surface area contributed by atoms with Crippen LogP contribution in [0.3, 0.4) is 0 Å². The first-order valence-electron chi connectivity index (χ1n) is 15.8. The van der Waals surface area contributed by atoms with Crippen LogP contribution in [0.2, 0.25) is 0 Å². The zero-order valence-electron chi connectivity index (χ0n) is 27.0. The molecule has 0 saturated heterocycles. The molecule has 0 radical (unpaired) electrons. The van der Waals surface area contributed by atoms with Gasteiger partial charge < -0.3 is 14.9 Å². The first-order valence-corrected chi connectivity index (χ1v) is 15.8. The van der Waals surface area contributed by atoms with Gasteiger partial charge in [0.1, 0.15) is 0 Å². The number of rotatable bonds is 11. The van der Waals surface area contributed by atoms with Crippen LogP contribution in [-0.2, 0) is 13.0 Å². The molecule has 1 aliphatic heterocycles. The van der Waals surface area contributed by atoms with E-state index in [-0.39, 0.29) is 28.4 Å². The first-order chi connectivity index (χ1) is 20.9. The van der Waals surface area contributed by atoms with Gasteiger partial charge in [-0.2, -0.15) is 5.10 Å². The Labute approximate surface area is 261 Å². The number of carboxylic acids is 1. The second-order valence-electron chi connectivity index (χ2n) is 12.7. The van der Waals surface area contributed by atoms with Crippen LogP contribution in [0.5, 0.6) is 0 Å². The maximum atomic E-state index is 14.1. The highest BCUT2D eigenvalue weighted by molar-refractivity contribution is 6.01. The highest BCUT2D eigenvalue weighted by Crippen LogP contribution is 2.29. The molecule has 44 heavy (non-hydrogen) atoms. The van der Waals surface area contributed by atoms with Crippen molar-refractivity contribution in [1.29, 1.82) is 0 Å². The summed E-state index contributed by atoms with van der Waals surface area (Å²) >= 11 is 0. The van der Waals surface area contributed by atoms with Gasteiger partial charge in [0.15, 0.2) is 5.69 Å².